The first-order valence-electron chi connectivity index (χ1n) is 6.85. The van der Waals surface area contributed by atoms with Crippen LogP contribution in [0.25, 0.3) is 11.3 Å². The second kappa shape index (κ2) is 6.06. The van der Waals surface area contributed by atoms with Gasteiger partial charge in [0.15, 0.2) is 0 Å². The number of hydrogen-bond acceptors (Lipinski definition) is 3. The maximum Gasteiger partial charge on any atom is 0.263 e. The van der Waals surface area contributed by atoms with E-state index in [0.717, 1.165) is 17.0 Å². The first-order valence-corrected chi connectivity index (χ1v) is 8.71. The van der Waals surface area contributed by atoms with Crippen LogP contribution < -0.4 is 4.72 Å². The van der Waals surface area contributed by atoms with Gasteiger partial charge in [0.05, 0.1) is 10.7 Å². The molecule has 5 nitrogen and oxygen atoms in total. The highest BCUT2D eigenvalue weighted by Crippen LogP contribution is 2.25. The average molecular weight is 348 g/mol. The highest BCUT2D eigenvalue weighted by molar-refractivity contribution is 7.92. The summed E-state index contributed by atoms with van der Waals surface area (Å²) in [5, 5.41) is 7.22. The van der Waals surface area contributed by atoms with Gasteiger partial charge in [-0.1, -0.05) is 35.9 Å². The number of aromatic nitrogens is 2. The number of aryl methyl sites for hydroxylation is 1. The van der Waals surface area contributed by atoms with Crippen LogP contribution >= 0.6 is 11.6 Å². The molecule has 118 valence electrons. The van der Waals surface area contributed by atoms with Crippen LogP contribution in [0, 0.1) is 6.92 Å². The van der Waals surface area contributed by atoms with E-state index in [-0.39, 0.29) is 9.92 Å². The normalized spacial score (nSPS) is 11.4. The molecule has 0 aliphatic carbocycles. The molecule has 0 spiro atoms. The number of nitrogens with one attached hydrogen (secondary N) is 2. The van der Waals surface area contributed by atoms with Gasteiger partial charge in [-0.3, -0.25) is 9.82 Å². The summed E-state index contributed by atoms with van der Waals surface area (Å²) in [4.78, 5) is 0.0497. The monoisotopic (exact) mass is 347 g/mol. The van der Waals surface area contributed by atoms with Gasteiger partial charge in [0, 0.05) is 16.9 Å². The van der Waals surface area contributed by atoms with E-state index in [1.54, 1.807) is 42.5 Å². The maximum atomic E-state index is 12.4. The molecule has 0 radical (unpaired) electrons. The fourth-order valence-electron chi connectivity index (χ4n) is 2.15. The van der Waals surface area contributed by atoms with Crippen molar-refractivity contribution in [3.63, 3.8) is 0 Å². The number of H-pyrrole nitrogens is 1. The molecule has 0 aliphatic rings. The second-order valence-corrected chi connectivity index (χ2v) is 7.11. The predicted octanol–water partition coefficient (Wildman–Crippen LogP) is 3.84. The van der Waals surface area contributed by atoms with Crippen molar-refractivity contribution in [3.8, 4) is 11.3 Å². The summed E-state index contributed by atoms with van der Waals surface area (Å²) >= 11 is 5.95. The highest BCUT2D eigenvalue weighted by atomic mass is 35.5. The van der Waals surface area contributed by atoms with Gasteiger partial charge < -0.3 is 0 Å². The van der Waals surface area contributed by atoms with Gasteiger partial charge in [-0.25, -0.2) is 8.42 Å². The molecule has 0 atom stereocenters. The van der Waals surface area contributed by atoms with Crippen molar-refractivity contribution in [2.75, 3.05) is 4.72 Å². The lowest BCUT2D eigenvalue weighted by Gasteiger charge is -2.09. The lowest BCUT2D eigenvalue weighted by molar-refractivity contribution is 0.601. The number of nitrogens with zero attached hydrogens (tertiary/aromatic N) is 1. The molecular formula is C16H14ClN3O2S. The van der Waals surface area contributed by atoms with Crippen molar-refractivity contribution in [1.82, 2.24) is 10.2 Å². The smallest absolute Gasteiger partial charge is 0.263 e. The van der Waals surface area contributed by atoms with Crippen LogP contribution in [0.3, 0.4) is 0 Å². The van der Waals surface area contributed by atoms with E-state index >= 15 is 0 Å². The Balaban J connectivity index is 1.85. The van der Waals surface area contributed by atoms with E-state index in [1.165, 1.54) is 6.07 Å². The molecule has 0 fully saturated rings. The number of benzene rings is 2. The summed E-state index contributed by atoms with van der Waals surface area (Å²) in [6, 6.07) is 15.2. The average Bonchev–Trinajstić information content (AvgIpc) is 2.94. The fourth-order valence-corrected chi connectivity index (χ4v) is 3.73. The summed E-state index contributed by atoms with van der Waals surface area (Å²) in [5.74, 6) is 0. The third-order valence-corrected chi connectivity index (χ3v) is 5.15. The summed E-state index contributed by atoms with van der Waals surface area (Å²) < 4.78 is 27.3. The SMILES string of the molecule is Cc1cc(-c2ccc(NS(=O)(=O)c3ccccc3Cl)cc2)n[nH]1. The molecule has 0 saturated carbocycles. The van der Waals surface area contributed by atoms with Crippen LogP contribution in [0.2, 0.25) is 5.02 Å². The zero-order chi connectivity index (χ0) is 16.4. The van der Waals surface area contributed by atoms with Gasteiger partial charge in [-0.2, -0.15) is 5.10 Å². The van der Waals surface area contributed by atoms with Crippen LogP contribution in [-0.4, -0.2) is 18.6 Å². The van der Waals surface area contributed by atoms with E-state index in [0.29, 0.717) is 5.69 Å². The van der Waals surface area contributed by atoms with Crippen molar-refractivity contribution in [2.24, 2.45) is 0 Å². The zero-order valence-corrected chi connectivity index (χ0v) is 13.8. The summed E-state index contributed by atoms with van der Waals surface area (Å²) in [6.07, 6.45) is 0. The van der Waals surface area contributed by atoms with E-state index in [9.17, 15) is 8.42 Å². The number of hydrogen-bond donors (Lipinski definition) is 2. The molecular weight excluding hydrogens is 334 g/mol. The second-order valence-electron chi connectivity index (χ2n) is 5.05. The number of halogens is 1. The van der Waals surface area contributed by atoms with Crippen molar-refractivity contribution in [3.05, 3.63) is 65.3 Å². The number of anilines is 1. The van der Waals surface area contributed by atoms with Gasteiger partial charge in [-0.05, 0) is 37.3 Å². The molecule has 7 heteroatoms. The van der Waals surface area contributed by atoms with Crippen molar-refractivity contribution >= 4 is 27.3 Å². The molecule has 0 bridgehead atoms. The molecule has 1 heterocycles. The quantitative estimate of drug-likeness (QED) is 0.753. The van der Waals surface area contributed by atoms with E-state index < -0.39 is 10.0 Å². The maximum absolute atomic E-state index is 12.4. The zero-order valence-electron chi connectivity index (χ0n) is 12.2. The number of aromatic amines is 1. The Bertz CT molecular complexity index is 934. The minimum Gasteiger partial charge on any atom is -0.282 e. The van der Waals surface area contributed by atoms with Gasteiger partial charge >= 0.3 is 0 Å². The largest absolute Gasteiger partial charge is 0.282 e. The van der Waals surface area contributed by atoms with E-state index in [1.807, 2.05) is 13.0 Å². The standard InChI is InChI=1S/C16H14ClN3O2S/c1-11-10-15(19-18-11)12-6-8-13(9-7-12)20-23(21,22)16-5-3-2-4-14(16)17/h2-10,20H,1H3,(H,18,19). The molecule has 0 amide bonds. The topological polar surface area (TPSA) is 74.8 Å². The van der Waals surface area contributed by atoms with Crippen molar-refractivity contribution < 1.29 is 8.42 Å². The summed E-state index contributed by atoms with van der Waals surface area (Å²) in [7, 11) is -3.72. The van der Waals surface area contributed by atoms with Crippen molar-refractivity contribution in [1.29, 1.82) is 0 Å². The molecule has 23 heavy (non-hydrogen) atoms. The molecule has 1 aromatic heterocycles. The molecule has 2 N–H and O–H groups in total. The highest BCUT2D eigenvalue weighted by Gasteiger charge is 2.17. The Kier molecular flexibility index (Phi) is 4.11. The van der Waals surface area contributed by atoms with Gasteiger partial charge in [0.1, 0.15) is 4.90 Å². The molecule has 0 aliphatic heterocycles. The van der Waals surface area contributed by atoms with Crippen LogP contribution in [-0.2, 0) is 10.0 Å². The Morgan fingerprint density at radius 3 is 2.39 bits per heavy atom. The Morgan fingerprint density at radius 2 is 1.78 bits per heavy atom. The third kappa shape index (κ3) is 3.38. The van der Waals surface area contributed by atoms with Crippen LogP contribution in [0.1, 0.15) is 5.69 Å². The van der Waals surface area contributed by atoms with Gasteiger partial charge in [-0.15, -0.1) is 0 Å². The molecule has 0 unspecified atom stereocenters. The van der Waals surface area contributed by atoms with Crippen LogP contribution in [0.4, 0.5) is 5.69 Å². The Hall–Kier alpha value is -2.31. The van der Waals surface area contributed by atoms with Crippen LogP contribution in [0.5, 0.6) is 0 Å². The van der Waals surface area contributed by atoms with Gasteiger partial charge in [0.25, 0.3) is 10.0 Å². The first-order chi connectivity index (χ1) is 11.0. The number of rotatable bonds is 4. The minimum absolute atomic E-state index is 0.0497. The summed E-state index contributed by atoms with van der Waals surface area (Å²) in [6.45, 7) is 1.92. The molecule has 2 aromatic carbocycles. The number of sulfonamides is 1. The van der Waals surface area contributed by atoms with E-state index in [4.69, 9.17) is 11.6 Å². The lowest BCUT2D eigenvalue weighted by Crippen LogP contribution is -2.13. The molecule has 0 saturated heterocycles. The third-order valence-electron chi connectivity index (χ3n) is 3.26. The van der Waals surface area contributed by atoms with Crippen molar-refractivity contribution in [2.45, 2.75) is 11.8 Å². The minimum atomic E-state index is -3.72. The lowest BCUT2D eigenvalue weighted by atomic mass is 10.1. The summed E-state index contributed by atoms with van der Waals surface area (Å²) in [5.41, 5.74) is 3.13. The predicted molar refractivity (Wildman–Crippen MR) is 91.0 cm³/mol. The van der Waals surface area contributed by atoms with E-state index in [2.05, 4.69) is 14.9 Å². The molecule has 3 rings (SSSR count). The molecule has 3 aromatic rings. The Labute approximate surface area is 139 Å². The Morgan fingerprint density at radius 1 is 1.09 bits per heavy atom. The van der Waals surface area contributed by atoms with Crippen LogP contribution in [0.15, 0.2) is 59.5 Å². The first kappa shape index (κ1) is 15.6. The fraction of sp³-hybridized carbons (Fsp3) is 0.0625. The van der Waals surface area contributed by atoms with Gasteiger partial charge in [0.2, 0.25) is 0 Å².